The number of fused-ring (bicyclic) bond motifs is 1. The lowest BCUT2D eigenvalue weighted by Crippen LogP contribution is -2.37. The van der Waals surface area contributed by atoms with Crippen molar-refractivity contribution in [2.24, 2.45) is 0 Å². The van der Waals surface area contributed by atoms with Crippen LogP contribution in [0.3, 0.4) is 0 Å². The number of hydrogen-bond donors (Lipinski definition) is 1. The zero-order chi connectivity index (χ0) is 30.2. The van der Waals surface area contributed by atoms with E-state index in [0.29, 0.717) is 35.5 Å². The third-order valence-electron chi connectivity index (χ3n) is 7.84. The highest BCUT2D eigenvalue weighted by Crippen LogP contribution is 2.33. The van der Waals surface area contributed by atoms with Gasteiger partial charge < -0.3 is 29.2 Å². The van der Waals surface area contributed by atoms with Crippen molar-refractivity contribution in [2.75, 3.05) is 47.0 Å². The maximum atomic E-state index is 13.6. The fraction of sp³-hybridized carbons (Fsp3) is 0.424. The Kier molecular flexibility index (Phi) is 10.1. The van der Waals surface area contributed by atoms with Crippen molar-refractivity contribution < 1.29 is 23.7 Å². The van der Waals surface area contributed by atoms with Crippen LogP contribution >= 0.6 is 0 Å². The predicted molar refractivity (Wildman–Crippen MR) is 165 cm³/mol. The Morgan fingerprint density at radius 1 is 1.05 bits per heavy atom. The van der Waals surface area contributed by atoms with Crippen molar-refractivity contribution in [3.8, 4) is 17.2 Å². The van der Waals surface area contributed by atoms with Crippen LogP contribution in [0, 0.1) is 0 Å². The average molecular weight is 589 g/mol. The van der Waals surface area contributed by atoms with E-state index in [1.165, 1.54) is 12.8 Å². The molecule has 2 aliphatic rings. The smallest absolute Gasteiger partial charge is 0.275 e. The quantitative estimate of drug-likeness (QED) is 0.318. The first kappa shape index (κ1) is 30.3. The number of benzene rings is 2. The molecule has 1 aliphatic carbocycles. The molecule has 10 nitrogen and oxygen atoms in total. The molecule has 0 saturated carbocycles. The first-order valence-electron chi connectivity index (χ1n) is 14.9. The van der Waals surface area contributed by atoms with Crippen LogP contribution in [-0.2, 0) is 17.9 Å². The second kappa shape index (κ2) is 14.3. The molecule has 1 aromatic heterocycles. The van der Waals surface area contributed by atoms with Gasteiger partial charge in [-0.25, -0.2) is 0 Å². The number of amides is 1. The Bertz CT molecular complexity index is 1540. The summed E-state index contributed by atoms with van der Waals surface area (Å²) in [5.74, 6) is 1.18. The third kappa shape index (κ3) is 7.44. The summed E-state index contributed by atoms with van der Waals surface area (Å²) in [7, 11) is 3.31. The minimum Gasteiger partial charge on any atom is -0.497 e. The van der Waals surface area contributed by atoms with Gasteiger partial charge in [0.15, 0.2) is 17.2 Å². The van der Waals surface area contributed by atoms with Crippen LogP contribution in [0.1, 0.15) is 42.2 Å². The highest BCUT2D eigenvalue weighted by molar-refractivity contribution is 5.96. The molecule has 1 fully saturated rings. The second-order valence-electron chi connectivity index (χ2n) is 10.7. The Morgan fingerprint density at radius 2 is 1.79 bits per heavy atom. The van der Waals surface area contributed by atoms with Gasteiger partial charge in [-0.2, -0.15) is 5.10 Å². The fourth-order valence-electron chi connectivity index (χ4n) is 5.30. The van der Waals surface area contributed by atoms with Crippen molar-refractivity contribution in [1.29, 1.82) is 0 Å². The summed E-state index contributed by atoms with van der Waals surface area (Å²) in [6.07, 6.45) is 9.22. The van der Waals surface area contributed by atoms with Crippen LogP contribution in [0.4, 0.5) is 0 Å². The molecule has 1 saturated heterocycles. The molecule has 1 N–H and O–H groups in total. The molecule has 10 heteroatoms. The zero-order valence-electron chi connectivity index (χ0n) is 25.1. The molecule has 1 atom stereocenters. The minimum atomic E-state index is -0.471. The third-order valence-corrected chi connectivity index (χ3v) is 7.84. The van der Waals surface area contributed by atoms with Gasteiger partial charge in [-0.1, -0.05) is 30.4 Å². The summed E-state index contributed by atoms with van der Waals surface area (Å²) in [6, 6.07) is 11.1. The average Bonchev–Trinajstić information content (AvgIpc) is 3.57. The predicted octanol–water partition coefficient (Wildman–Crippen LogP) is 4.11. The van der Waals surface area contributed by atoms with E-state index in [4.69, 9.17) is 18.9 Å². The second-order valence-corrected chi connectivity index (χ2v) is 10.7. The van der Waals surface area contributed by atoms with Crippen LogP contribution < -0.4 is 25.0 Å². The molecule has 2 aromatic carbocycles. The van der Waals surface area contributed by atoms with Crippen molar-refractivity contribution in [2.45, 2.75) is 45.4 Å². The number of hydrogen-bond acceptors (Lipinski definition) is 8. The molecule has 0 radical (unpaired) electrons. The monoisotopic (exact) mass is 588 g/mol. The molecule has 1 amide bonds. The number of methoxy groups -OCH3 is 2. The molecule has 228 valence electrons. The topological polar surface area (TPSA) is 104 Å². The first-order valence-corrected chi connectivity index (χ1v) is 14.9. The van der Waals surface area contributed by atoms with Crippen LogP contribution in [0.5, 0.6) is 17.2 Å². The Labute approximate surface area is 251 Å². The van der Waals surface area contributed by atoms with Gasteiger partial charge in [0, 0.05) is 32.8 Å². The lowest BCUT2D eigenvalue weighted by molar-refractivity contribution is 0.0941. The van der Waals surface area contributed by atoms with E-state index in [2.05, 4.69) is 21.4 Å². The number of carbonyl (C=O) groups excluding carboxylic acids is 1. The molecule has 2 heterocycles. The fourth-order valence-corrected chi connectivity index (χ4v) is 5.30. The van der Waals surface area contributed by atoms with Crippen molar-refractivity contribution in [1.82, 2.24) is 20.0 Å². The van der Waals surface area contributed by atoms with Crippen LogP contribution in [0.15, 0.2) is 65.0 Å². The van der Waals surface area contributed by atoms with Gasteiger partial charge in [-0.05, 0) is 68.6 Å². The van der Waals surface area contributed by atoms with E-state index in [1.807, 2.05) is 43.3 Å². The van der Waals surface area contributed by atoms with Gasteiger partial charge in [0.25, 0.3) is 5.91 Å². The highest BCUT2D eigenvalue weighted by atomic mass is 16.5. The normalized spacial score (nSPS) is 16.7. The van der Waals surface area contributed by atoms with Gasteiger partial charge in [0.2, 0.25) is 5.43 Å². The summed E-state index contributed by atoms with van der Waals surface area (Å²) < 4.78 is 24.8. The van der Waals surface area contributed by atoms with E-state index < -0.39 is 11.3 Å². The number of carbonyl (C=O) groups is 1. The summed E-state index contributed by atoms with van der Waals surface area (Å²) in [6.45, 7) is 6.24. The highest BCUT2D eigenvalue weighted by Gasteiger charge is 2.21. The molecule has 0 bridgehead atoms. The van der Waals surface area contributed by atoms with Crippen molar-refractivity contribution in [3.05, 3.63) is 81.7 Å². The van der Waals surface area contributed by atoms with Crippen molar-refractivity contribution in [3.63, 3.8) is 0 Å². The van der Waals surface area contributed by atoms with Gasteiger partial charge in [0.1, 0.15) is 19.0 Å². The van der Waals surface area contributed by atoms with E-state index in [9.17, 15) is 9.59 Å². The Morgan fingerprint density at radius 3 is 2.47 bits per heavy atom. The first-order chi connectivity index (χ1) is 21.0. The molecule has 1 unspecified atom stereocenters. The number of rotatable bonds is 13. The number of aryl methyl sites for hydroxylation is 1. The Hall–Kier alpha value is -4.15. The summed E-state index contributed by atoms with van der Waals surface area (Å²) in [4.78, 5) is 29.0. The molecular weight excluding hydrogens is 548 g/mol. The van der Waals surface area contributed by atoms with Gasteiger partial charge >= 0.3 is 0 Å². The molecular formula is C33H40N4O6. The van der Waals surface area contributed by atoms with E-state index in [-0.39, 0.29) is 25.0 Å². The number of likely N-dealkylation sites (tertiary alicyclic amines) is 1. The van der Waals surface area contributed by atoms with Crippen LogP contribution in [0.2, 0.25) is 0 Å². The number of aromatic nitrogens is 2. The number of nitrogens with one attached hydrogen (secondary N) is 1. The van der Waals surface area contributed by atoms with Crippen LogP contribution in [0.25, 0.3) is 10.9 Å². The molecule has 1 aliphatic heterocycles. The Balaban J connectivity index is 1.43. The summed E-state index contributed by atoms with van der Waals surface area (Å²) in [5, 5.41) is 7.68. The zero-order valence-corrected chi connectivity index (χ0v) is 25.1. The van der Waals surface area contributed by atoms with Gasteiger partial charge in [0.05, 0.1) is 24.1 Å². The number of nitrogens with zero attached hydrogens (tertiary/aromatic N) is 3. The lowest BCUT2D eigenvalue weighted by Gasteiger charge is -2.18. The van der Waals surface area contributed by atoms with E-state index in [1.54, 1.807) is 31.0 Å². The molecule has 0 spiro atoms. The molecule has 5 rings (SSSR count). The summed E-state index contributed by atoms with van der Waals surface area (Å²) >= 11 is 0. The van der Waals surface area contributed by atoms with Crippen LogP contribution in [-0.4, -0.2) is 73.7 Å². The van der Waals surface area contributed by atoms with E-state index in [0.717, 1.165) is 42.9 Å². The molecule has 43 heavy (non-hydrogen) atoms. The van der Waals surface area contributed by atoms with Gasteiger partial charge in [-0.3, -0.25) is 14.3 Å². The summed E-state index contributed by atoms with van der Waals surface area (Å²) in [5.41, 5.74) is 1.94. The largest absolute Gasteiger partial charge is 0.497 e. The minimum absolute atomic E-state index is 0.0488. The standard InChI is InChI=1S/C33H40N4O6/c1-4-37-28-20-30(43-22-24-9-13-26(41-3)14-10-24)29(42-21-23-7-11-25(40-2)12-8-23)19-27(28)32(38)31(35-37)33(39)34-15-18-36-16-5-6-17-36/h7-11,13-14,19-20,25H,4-6,12,15-18,21-22H2,1-3H3,(H,34,39). The molecule has 3 aromatic rings. The van der Waals surface area contributed by atoms with Crippen molar-refractivity contribution >= 4 is 16.8 Å². The van der Waals surface area contributed by atoms with Gasteiger partial charge in [-0.15, -0.1) is 0 Å². The van der Waals surface area contributed by atoms with E-state index >= 15 is 0 Å². The lowest BCUT2D eigenvalue weighted by atomic mass is 10.1. The number of ether oxygens (including phenoxy) is 4. The maximum Gasteiger partial charge on any atom is 0.275 e. The maximum absolute atomic E-state index is 13.6. The SMILES string of the molecule is CCn1nc(C(=O)NCCN2CCCC2)c(=O)c2cc(OCC3=CCC(OC)C=C3)c(OCc3ccc(OC)cc3)cc21.